The molecule has 2 aromatic heterocycles. The minimum absolute atomic E-state index is 0.104. The number of ether oxygens (including phenoxy) is 1. The van der Waals surface area contributed by atoms with Crippen LogP contribution in [0.25, 0.3) is 5.52 Å². The smallest absolute Gasteiger partial charge is 0.272 e. The number of pyridine rings is 1. The Morgan fingerprint density at radius 3 is 2.72 bits per heavy atom. The van der Waals surface area contributed by atoms with Crippen molar-refractivity contribution in [3.05, 3.63) is 35.9 Å². The van der Waals surface area contributed by atoms with Crippen LogP contribution in [0, 0.1) is 0 Å². The van der Waals surface area contributed by atoms with Crippen molar-refractivity contribution in [3.63, 3.8) is 0 Å². The molecule has 29 heavy (non-hydrogen) atoms. The summed E-state index contributed by atoms with van der Waals surface area (Å²) in [5.74, 6) is 1.00. The normalized spacial score (nSPS) is 21.0. The third kappa shape index (κ3) is 4.46. The highest BCUT2D eigenvalue weighted by molar-refractivity contribution is 5.99. The molecule has 0 saturated carbocycles. The molecule has 1 N–H and O–H groups in total. The number of nitrogens with one attached hydrogen (secondary N) is 1. The Bertz CT molecular complexity index is 852. The first-order chi connectivity index (χ1) is 14.0. The van der Waals surface area contributed by atoms with E-state index in [1.807, 2.05) is 28.8 Å². The molecule has 0 aromatic carbocycles. The quantitative estimate of drug-likeness (QED) is 0.835. The highest BCUT2D eigenvalue weighted by Crippen LogP contribution is 2.27. The summed E-state index contributed by atoms with van der Waals surface area (Å²) in [7, 11) is 0. The molecule has 4 heterocycles. The lowest BCUT2D eigenvalue weighted by atomic mass is 9.94. The number of imidazole rings is 1. The number of rotatable bonds is 5. The summed E-state index contributed by atoms with van der Waals surface area (Å²) in [5.41, 5.74) is 0.198. The Morgan fingerprint density at radius 2 is 2.03 bits per heavy atom. The number of fused-ring (bicyclic) bond motifs is 1. The van der Waals surface area contributed by atoms with Crippen LogP contribution in [0.5, 0.6) is 0 Å². The fourth-order valence-corrected chi connectivity index (χ4v) is 4.42. The Morgan fingerprint density at radius 1 is 1.31 bits per heavy atom. The lowest BCUT2D eigenvalue weighted by Crippen LogP contribution is -2.50. The molecule has 158 valence electrons. The number of hydrogen-bond acceptors (Lipinski definition) is 4. The number of nitrogens with zero attached hydrogens (tertiary/aromatic N) is 3. The molecule has 2 aliphatic rings. The van der Waals surface area contributed by atoms with Crippen molar-refractivity contribution in [2.75, 3.05) is 32.8 Å². The highest BCUT2D eigenvalue weighted by atomic mass is 19.1. The molecule has 7 heteroatoms. The molecule has 2 aromatic rings. The van der Waals surface area contributed by atoms with E-state index in [1.165, 1.54) is 0 Å². The molecular weight excluding hydrogens is 371 g/mol. The van der Waals surface area contributed by atoms with E-state index in [0.717, 1.165) is 37.3 Å². The molecule has 0 radical (unpaired) electrons. The number of hydrogen-bond donors (Lipinski definition) is 1. The summed E-state index contributed by atoms with van der Waals surface area (Å²) in [5, 5.41) is 3.16. The van der Waals surface area contributed by atoms with Crippen LogP contribution in [0.2, 0.25) is 0 Å². The van der Waals surface area contributed by atoms with Gasteiger partial charge in [0.25, 0.3) is 5.91 Å². The van der Waals surface area contributed by atoms with Crippen molar-refractivity contribution in [2.24, 2.45) is 0 Å². The van der Waals surface area contributed by atoms with Gasteiger partial charge in [0.1, 0.15) is 11.5 Å². The number of halogens is 1. The van der Waals surface area contributed by atoms with Crippen LogP contribution in [0.4, 0.5) is 4.39 Å². The fraction of sp³-hybridized carbons (Fsp3) is 0.636. The third-order valence-electron chi connectivity index (χ3n) is 6.13. The first-order valence-electron chi connectivity index (χ1n) is 10.7. The summed E-state index contributed by atoms with van der Waals surface area (Å²) >= 11 is 0. The number of amides is 1. The monoisotopic (exact) mass is 402 g/mol. The zero-order valence-electron chi connectivity index (χ0n) is 17.4. The van der Waals surface area contributed by atoms with Crippen LogP contribution in [0.1, 0.15) is 61.8 Å². The van der Waals surface area contributed by atoms with E-state index >= 15 is 0 Å². The predicted molar refractivity (Wildman–Crippen MR) is 110 cm³/mol. The fourth-order valence-electron chi connectivity index (χ4n) is 4.42. The minimum Gasteiger partial charge on any atom is -0.381 e. The molecule has 6 nitrogen and oxygen atoms in total. The SMILES string of the molecule is CC(C)c1nc(C(=O)NC2CCN(CC3(F)CCOCC3)CC2)c2ccccn12. The Balaban J connectivity index is 1.36. The van der Waals surface area contributed by atoms with Crippen LogP contribution < -0.4 is 5.32 Å². The van der Waals surface area contributed by atoms with Gasteiger partial charge in [0.15, 0.2) is 5.69 Å². The van der Waals surface area contributed by atoms with Crippen LogP contribution >= 0.6 is 0 Å². The van der Waals surface area contributed by atoms with E-state index in [0.29, 0.717) is 38.3 Å². The third-order valence-corrected chi connectivity index (χ3v) is 6.13. The van der Waals surface area contributed by atoms with Gasteiger partial charge in [-0.05, 0) is 25.0 Å². The van der Waals surface area contributed by atoms with Gasteiger partial charge < -0.3 is 19.4 Å². The Hall–Kier alpha value is -1.99. The maximum atomic E-state index is 14.9. The van der Waals surface area contributed by atoms with E-state index in [-0.39, 0.29) is 17.9 Å². The van der Waals surface area contributed by atoms with Gasteiger partial charge in [0.05, 0.1) is 5.52 Å². The van der Waals surface area contributed by atoms with Crippen molar-refractivity contribution >= 4 is 11.4 Å². The van der Waals surface area contributed by atoms with Crippen molar-refractivity contribution in [1.82, 2.24) is 19.6 Å². The zero-order valence-corrected chi connectivity index (χ0v) is 17.4. The van der Waals surface area contributed by atoms with Crippen molar-refractivity contribution in [2.45, 2.75) is 57.2 Å². The minimum atomic E-state index is -1.13. The molecule has 0 atom stereocenters. The second-order valence-electron chi connectivity index (χ2n) is 8.72. The number of carbonyl (C=O) groups excluding carboxylic acids is 1. The van der Waals surface area contributed by atoms with Gasteiger partial charge in [-0.15, -0.1) is 0 Å². The largest absolute Gasteiger partial charge is 0.381 e. The molecule has 2 aliphatic heterocycles. The van der Waals surface area contributed by atoms with Gasteiger partial charge in [-0.1, -0.05) is 19.9 Å². The lowest BCUT2D eigenvalue weighted by Gasteiger charge is -2.38. The topological polar surface area (TPSA) is 58.9 Å². The van der Waals surface area contributed by atoms with Crippen LogP contribution in [-0.4, -0.2) is 64.8 Å². The molecule has 1 amide bonds. The van der Waals surface area contributed by atoms with Gasteiger partial charge in [0.2, 0.25) is 0 Å². The van der Waals surface area contributed by atoms with E-state index in [2.05, 4.69) is 29.0 Å². The highest BCUT2D eigenvalue weighted by Gasteiger charge is 2.35. The maximum Gasteiger partial charge on any atom is 0.272 e. The first-order valence-corrected chi connectivity index (χ1v) is 10.7. The number of carbonyl (C=O) groups is 1. The van der Waals surface area contributed by atoms with Crippen LogP contribution in [0.15, 0.2) is 24.4 Å². The number of alkyl halides is 1. The van der Waals surface area contributed by atoms with Crippen LogP contribution in [0.3, 0.4) is 0 Å². The predicted octanol–water partition coefficient (Wildman–Crippen LogP) is 3.17. The van der Waals surface area contributed by atoms with Gasteiger partial charge >= 0.3 is 0 Å². The molecule has 2 fully saturated rings. The second kappa shape index (κ2) is 8.40. The molecule has 0 aliphatic carbocycles. The molecule has 2 saturated heterocycles. The van der Waals surface area contributed by atoms with Gasteiger partial charge in [-0.2, -0.15) is 0 Å². The summed E-state index contributed by atoms with van der Waals surface area (Å²) < 4.78 is 22.2. The molecule has 0 unspecified atom stereocenters. The first kappa shape index (κ1) is 20.3. The average molecular weight is 403 g/mol. The van der Waals surface area contributed by atoms with E-state index < -0.39 is 5.67 Å². The summed E-state index contributed by atoms with van der Waals surface area (Å²) in [6.07, 6.45) is 4.59. The van der Waals surface area contributed by atoms with Crippen LogP contribution in [-0.2, 0) is 4.74 Å². The second-order valence-corrected chi connectivity index (χ2v) is 8.72. The van der Waals surface area contributed by atoms with Crippen molar-refractivity contribution in [1.29, 1.82) is 0 Å². The molecule has 0 spiro atoms. The number of aromatic nitrogens is 2. The Kier molecular flexibility index (Phi) is 5.88. The number of likely N-dealkylation sites (tertiary alicyclic amines) is 1. The lowest BCUT2D eigenvalue weighted by molar-refractivity contribution is -0.0305. The van der Waals surface area contributed by atoms with Crippen molar-refractivity contribution in [3.8, 4) is 0 Å². The maximum absolute atomic E-state index is 14.9. The van der Waals surface area contributed by atoms with Gasteiger partial charge in [-0.25, -0.2) is 9.37 Å². The Labute approximate surface area is 171 Å². The van der Waals surface area contributed by atoms with E-state index in [4.69, 9.17) is 4.74 Å². The zero-order chi connectivity index (χ0) is 20.4. The molecular formula is C22H31FN4O2. The van der Waals surface area contributed by atoms with E-state index in [1.54, 1.807) is 0 Å². The van der Waals surface area contributed by atoms with Gasteiger partial charge in [-0.3, -0.25) is 4.79 Å². The van der Waals surface area contributed by atoms with Gasteiger partial charge in [0, 0.05) is 63.8 Å². The molecule has 0 bridgehead atoms. The number of piperidine rings is 1. The van der Waals surface area contributed by atoms with Crippen molar-refractivity contribution < 1.29 is 13.9 Å². The summed E-state index contributed by atoms with van der Waals surface area (Å²) in [6, 6.07) is 5.92. The molecule has 4 rings (SSSR count). The average Bonchev–Trinajstić information content (AvgIpc) is 3.10. The summed E-state index contributed by atoms with van der Waals surface area (Å²) in [6.45, 7) is 7.27. The van der Waals surface area contributed by atoms with E-state index in [9.17, 15) is 9.18 Å². The standard InChI is InChI=1S/C22H31FN4O2/c1-16(2)20-25-19(18-5-3-4-10-27(18)20)21(28)24-17-6-11-26(12-7-17)15-22(23)8-13-29-14-9-22/h3-5,10,16-17H,6-9,11-15H2,1-2H3,(H,24,28). The summed E-state index contributed by atoms with van der Waals surface area (Å²) in [4.78, 5) is 19.8.